The summed E-state index contributed by atoms with van der Waals surface area (Å²) in [5.41, 5.74) is 0. The van der Waals surface area contributed by atoms with E-state index in [1.165, 1.54) is 12.8 Å². The smallest absolute Gasteiger partial charge is 0.229 e. The third kappa shape index (κ3) is 3.26. The van der Waals surface area contributed by atoms with E-state index < -0.39 is 8.32 Å². The zero-order valence-electron chi connectivity index (χ0n) is 13.5. The van der Waals surface area contributed by atoms with Crippen molar-refractivity contribution in [2.75, 3.05) is 0 Å². The summed E-state index contributed by atoms with van der Waals surface area (Å²) < 4.78 is 6.34. The van der Waals surface area contributed by atoms with Crippen LogP contribution in [0.25, 0.3) is 0 Å². The maximum absolute atomic E-state index is 11.8. The number of carbonyl (C=O) groups excluding carboxylic acids is 1. The first-order valence-corrected chi connectivity index (χ1v) is 10.5. The van der Waals surface area contributed by atoms with Crippen molar-refractivity contribution in [3.05, 3.63) is 0 Å². The molecule has 0 unspecified atom stereocenters. The lowest BCUT2D eigenvalue weighted by Gasteiger charge is -2.44. The van der Waals surface area contributed by atoms with Crippen LogP contribution in [0.5, 0.6) is 0 Å². The summed E-state index contributed by atoms with van der Waals surface area (Å²) >= 11 is 0. The Balaban J connectivity index is 1.99. The van der Waals surface area contributed by atoms with Crippen LogP contribution in [0.3, 0.4) is 0 Å². The Labute approximate surface area is 124 Å². The van der Waals surface area contributed by atoms with E-state index in [4.69, 9.17) is 4.43 Å². The maximum Gasteiger partial charge on any atom is 0.229 e. The quantitative estimate of drug-likeness (QED) is 0.493. The number of nitrogens with one attached hydrogen (secondary N) is 1. The Morgan fingerprint density at radius 3 is 2.35 bits per heavy atom. The van der Waals surface area contributed by atoms with Gasteiger partial charge < -0.3 is 9.74 Å². The topological polar surface area (TPSA) is 38.3 Å². The van der Waals surface area contributed by atoms with Crippen molar-refractivity contribution in [1.82, 2.24) is 5.32 Å². The zero-order valence-corrected chi connectivity index (χ0v) is 14.5. The second-order valence-electron chi connectivity index (χ2n) is 7.66. The molecule has 0 radical (unpaired) electrons. The second-order valence-corrected chi connectivity index (χ2v) is 12.4. The third-order valence-corrected chi connectivity index (χ3v) is 9.35. The Kier molecular flexibility index (Phi) is 4.05. The minimum atomic E-state index is -1.83. The van der Waals surface area contributed by atoms with Crippen LogP contribution in [0.15, 0.2) is 0 Å². The molecule has 3 nitrogen and oxygen atoms in total. The van der Waals surface area contributed by atoms with Crippen molar-refractivity contribution in [2.45, 2.75) is 70.8 Å². The molecule has 1 N–H and O–H groups in total. The zero-order chi connectivity index (χ0) is 15.1. The Morgan fingerprint density at radius 2 is 1.90 bits per heavy atom. The van der Waals surface area contributed by atoms with Crippen LogP contribution >= 0.6 is 0 Å². The molecular formula is C16H27NO2Si. The normalized spacial score (nSPS) is 28.0. The molecule has 1 amide bonds. The number of hydrogen-bond donors (Lipinski definition) is 1. The van der Waals surface area contributed by atoms with Gasteiger partial charge in [0.25, 0.3) is 0 Å². The molecule has 0 aromatic rings. The molecule has 1 saturated heterocycles. The van der Waals surface area contributed by atoms with E-state index in [1.54, 1.807) is 0 Å². The molecule has 0 bridgehead atoms. The van der Waals surface area contributed by atoms with Gasteiger partial charge in [-0.15, -0.1) is 0 Å². The highest BCUT2D eigenvalue weighted by atomic mass is 28.4. The molecule has 2 fully saturated rings. The SMILES string of the molecule is C[C@@H](O[Si](C)(C)C(C)(C)C)[C@H]1C(=O)N[C@@H]1C#CC1CC1. The molecular weight excluding hydrogens is 266 g/mol. The molecule has 2 rings (SSSR count). The first kappa shape index (κ1) is 15.6. The van der Waals surface area contributed by atoms with Gasteiger partial charge in [-0.05, 0) is 37.9 Å². The number of amides is 1. The largest absolute Gasteiger partial charge is 0.413 e. The van der Waals surface area contributed by atoms with Crippen LogP contribution in [0, 0.1) is 23.7 Å². The van der Waals surface area contributed by atoms with Crippen LogP contribution in [0.2, 0.25) is 18.1 Å². The number of hydrogen-bond acceptors (Lipinski definition) is 2. The molecule has 20 heavy (non-hydrogen) atoms. The first-order valence-electron chi connectivity index (χ1n) is 7.61. The summed E-state index contributed by atoms with van der Waals surface area (Å²) in [4.78, 5) is 11.8. The lowest BCUT2D eigenvalue weighted by Crippen LogP contribution is -2.63. The van der Waals surface area contributed by atoms with Crippen molar-refractivity contribution in [3.8, 4) is 11.8 Å². The number of β-lactam (4-membered cyclic amide) rings is 1. The molecule has 1 aliphatic heterocycles. The van der Waals surface area contributed by atoms with Gasteiger partial charge in [0.2, 0.25) is 5.91 Å². The standard InChI is InChI=1S/C16H27NO2Si/c1-11(19-20(5,6)16(2,3)4)14-13(17-15(14)18)10-9-12-7-8-12/h11-14H,7-8H2,1-6H3,(H,17,18)/t11-,13-,14-/m1/s1. The van der Waals surface area contributed by atoms with E-state index in [0.717, 1.165) is 0 Å². The van der Waals surface area contributed by atoms with Crippen LogP contribution in [0.4, 0.5) is 0 Å². The number of carbonyl (C=O) groups is 1. The van der Waals surface area contributed by atoms with E-state index in [9.17, 15) is 4.79 Å². The fraction of sp³-hybridized carbons (Fsp3) is 0.812. The molecule has 0 aromatic heterocycles. The summed E-state index contributed by atoms with van der Waals surface area (Å²) in [5, 5.41) is 3.07. The molecule has 112 valence electrons. The molecule has 0 aromatic carbocycles. The summed E-state index contributed by atoms with van der Waals surface area (Å²) in [6.07, 6.45) is 2.38. The van der Waals surface area contributed by atoms with Crippen LogP contribution < -0.4 is 5.32 Å². The summed E-state index contributed by atoms with van der Waals surface area (Å²) in [5.74, 6) is 7.03. The summed E-state index contributed by atoms with van der Waals surface area (Å²) in [7, 11) is -1.83. The predicted molar refractivity (Wildman–Crippen MR) is 83.7 cm³/mol. The van der Waals surface area contributed by atoms with E-state index in [0.29, 0.717) is 5.92 Å². The monoisotopic (exact) mass is 293 g/mol. The second kappa shape index (κ2) is 5.20. The predicted octanol–water partition coefficient (Wildman–Crippen LogP) is 2.92. The van der Waals surface area contributed by atoms with Crippen LogP contribution in [-0.2, 0) is 9.22 Å². The highest BCUT2D eigenvalue weighted by molar-refractivity contribution is 6.74. The number of rotatable bonds is 3. The van der Waals surface area contributed by atoms with Gasteiger partial charge in [0.15, 0.2) is 8.32 Å². The molecule has 1 heterocycles. The van der Waals surface area contributed by atoms with E-state index in [1.807, 2.05) is 6.92 Å². The van der Waals surface area contributed by atoms with Crippen molar-refractivity contribution in [3.63, 3.8) is 0 Å². The molecule has 2 aliphatic rings. The first-order chi connectivity index (χ1) is 9.12. The highest BCUT2D eigenvalue weighted by Gasteiger charge is 2.47. The molecule has 1 aliphatic carbocycles. The molecule has 3 atom stereocenters. The van der Waals surface area contributed by atoms with Gasteiger partial charge in [-0.3, -0.25) is 4.79 Å². The Hall–Kier alpha value is -0.793. The average molecular weight is 293 g/mol. The maximum atomic E-state index is 11.8. The van der Waals surface area contributed by atoms with Crippen LogP contribution in [0.1, 0.15) is 40.5 Å². The molecule has 0 spiro atoms. The lowest BCUT2D eigenvalue weighted by atomic mass is 9.86. The summed E-state index contributed by atoms with van der Waals surface area (Å²) in [6, 6.07) is -0.0112. The van der Waals surface area contributed by atoms with Gasteiger partial charge in [0, 0.05) is 5.92 Å². The van der Waals surface area contributed by atoms with E-state index >= 15 is 0 Å². The minimum Gasteiger partial charge on any atom is -0.413 e. The van der Waals surface area contributed by atoms with Crippen molar-refractivity contribution < 1.29 is 9.22 Å². The Bertz CT molecular complexity index is 451. The van der Waals surface area contributed by atoms with Gasteiger partial charge in [0.1, 0.15) is 6.04 Å². The van der Waals surface area contributed by atoms with Gasteiger partial charge >= 0.3 is 0 Å². The highest BCUT2D eigenvalue weighted by Crippen LogP contribution is 2.39. The van der Waals surface area contributed by atoms with Gasteiger partial charge in [-0.1, -0.05) is 32.6 Å². The van der Waals surface area contributed by atoms with E-state index in [-0.39, 0.29) is 29.0 Å². The van der Waals surface area contributed by atoms with Gasteiger partial charge in [-0.25, -0.2) is 0 Å². The summed E-state index contributed by atoms with van der Waals surface area (Å²) in [6.45, 7) is 13.1. The fourth-order valence-corrected chi connectivity index (χ4v) is 3.58. The molecule has 4 heteroatoms. The molecule has 1 saturated carbocycles. The van der Waals surface area contributed by atoms with Crippen LogP contribution in [-0.4, -0.2) is 26.4 Å². The van der Waals surface area contributed by atoms with Gasteiger partial charge in [0.05, 0.1) is 12.0 Å². The minimum absolute atomic E-state index is 0.0112. The van der Waals surface area contributed by atoms with Crippen molar-refractivity contribution in [1.29, 1.82) is 0 Å². The fourth-order valence-electron chi connectivity index (χ4n) is 2.15. The van der Waals surface area contributed by atoms with Crippen molar-refractivity contribution >= 4 is 14.2 Å². The lowest BCUT2D eigenvalue weighted by molar-refractivity contribution is -0.137. The van der Waals surface area contributed by atoms with Gasteiger partial charge in [-0.2, -0.15) is 0 Å². The average Bonchev–Trinajstić information content (AvgIpc) is 3.04. The third-order valence-electron chi connectivity index (χ3n) is 4.77. The van der Waals surface area contributed by atoms with Crippen molar-refractivity contribution in [2.24, 2.45) is 11.8 Å². The van der Waals surface area contributed by atoms with E-state index in [2.05, 4.69) is 51.0 Å². The Morgan fingerprint density at radius 1 is 1.30 bits per heavy atom.